The summed E-state index contributed by atoms with van der Waals surface area (Å²) in [7, 11) is -3.31. The van der Waals surface area contributed by atoms with Crippen LogP contribution in [0.25, 0.3) is 12.2 Å². The van der Waals surface area contributed by atoms with Gasteiger partial charge in [0.05, 0.1) is 12.2 Å². The lowest BCUT2D eigenvalue weighted by Crippen LogP contribution is -2.20. The Morgan fingerprint density at radius 2 is 1.42 bits per heavy atom. The molecule has 0 aromatic heterocycles. The standard InChI is InChI=1S/C26H37N2O4P/c1-21(2)31-33(30,32-22(3)4)27-20-10-6-9-13-26(29)28-25-18-16-24(17-19-25)15-14-23-11-7-5-8-12-23/h5,7-8,11-12,14-19,21-22H,6,9-10,13,20H2,1-4H3,(H,27,30)(H,28,29)/b15-14+. The molecular formula is C26H37N2O4P. The highest BCUT2D eigenvalue weighted by Gasteiger charge is 2.26. The molecule has 2 aromatic carbocycles. The third-order valence-corrected chi connectivity index (χ3v) is 6.56. The summed E-state index contributed by atoms with van der Waals surface area (Å²) in [6.45, 7) is 7.81. The van der Waals surface area contributed by atoms with Crippen LogP contribution >= 0.6 is 7.75 Å². The molecule has 0 bridgehead atoms. The van der Waals surface area contributed by atoms with Crippen molar-refractivity contribution in [2.24, 2.45) is 0 Å². The van der Waals surface area contributed by atoms with Crippen LogP contribution in [0.4, 0.5) is 5.69 Å². The number of carbonyl (C=O) groups is 1. The van der Waals surface area contributed by atoms with E-state index in [1.54, 1.807) is 0 Å². The largest absolute Gasteiger partial charge is 0.406 e. The van der Waals surface area contributed by atoms with Crippen molar-refractivity contribution in [3.63, 3.8) is 0 Å². The van der Waals surface area contributed by atoms with Gasteiger partial charge in [-0.2, -0.15) is 0 Å². The monoisotopic (exact) mass is 472 g/mol. The number of benzene rings is 2. The molecule has 2 aromatic rings. The molecule has 7 heteroatoms. The molecule has 180 valence electrons. The van der Waals surface area contributed by atoms with E-state index in [0.29, 0.717) is 13.0 Å². The van der Waals surface area contributed by atoms with Gasteiger partial charge in [0.25, 0.3) is 0 Å². The number of rotatable bonds is 14. The van der Waals surface area contributed by atoms with E-state index < -0.39 is 7.75 Å². The van der Waals surface area contributed by atoms with Crippen molar-refractivity contribution in [2.45, 2.75) is 65.6 Å². The third kappa shape index (κ3) is 11.4. The zero-order chi connectivity index (χ0) is 24.1. The Morgan fingerprint density at radius 1 is 0.848 bits per heavy atom. The number of nitrogens with one attached hydrogen (secondary N) is 2. The van der Waals surface area contributed by atoms with Crippen molar-refractivity contribution in [3.8, 4) is 0 Å². The number of unbranched alkanes of at least 4 members (excludes halogenated alkanes) is 2. The predicted octanol–water partition coefficient (Wildman–Crippen LogP) is 6.90. The molecule has 0 atom stereocenters. The minimum Gasteiger partial charge on any atom is -0.326 e. The van der Waals surface area contributed by atoms with Gasteiger partial charge in [0.1, 0.15) is 0 Å². The lowest BCUT2D eigenvalue weighted by atomic mass is 10.1. The number of hydrogen-bond acceptors (Lipinski definition) is 4. The second kappa shape index (κ2) is 14.1. The molecule has 0 saturated carbocycles. The van der Waals surface area contributed by atoms with Gasteiger partial charge in [0.15, 0.2) is 0 Å². The van der Waals surface area contributed by atoms with Crippen LogP contribution in [0.1, 0.15) is 64.5 Å². The van der Waals surface area contributed by atoms with Crippen molar-refractivity contribution in [2.75, 3.05) is 11.9 Å². The number of anilines is 1. The molecule has 0 aliphatic rings. The summed E-state index contributed by atoms with van der Waals surface area (Å²) in [5.41, 5.74) is 3.01. The Labute approximate surface area is 198 Å². The number of hydrogen-bond donors (Lipinski definition) is 2. The van der Waals surface area contributed by atoms with Crippen LogP contribution in [0.5, 0.6) is 0 Å². The molecule has 0 spiro atoms. The van der Waals surface area contributed by atoms with Crippen molar-refractivity contribution in [3.05, 3.63) is 65.7 Å². The fourth-order valence-corrected chi connectivity index (χ4v) is 4.86. The first-order valence-corrected chi connectivity index (χ1v) is 13.1. The van der Waals surface area contributed by atoms with Gasteiger partial charge in [-0.15, -0.1) is 0 Å². The first-order valence-electron chi connectivity index (χ1n) is 11.6. The van der Waals surface area contributed by atoms with E-state index in [1.165, 1.54) is 0 Å². The molecule has 0 fully saturated rings. The van der Waals surface area contributed by atoms with Crippen molar-refractivity contribution < 1.29 is 18.4 Å². The minimum atomic E-state index is -3.31. The summed E-state index contributed by atoms with van der Waals surface area (Å²) in [5, 5.41) is 5.86. The second-order valence-corrected chi connectivity index (χ2v) is 10.2. The summed E-state index contributed by atoms with van der Waals surface area (Å²) in [4.78, 5) is 12.2. The minimum absolute atomic E-state index is 0.00695. The van der Waals surface area contributed by atoms with Gasteiger partial charge < -0.3 is 5.32 Å². The summed E-state index contributed by atoms with van der Waals surface area (Å²) in [6.07, 6.45) is 6.54. The highest BCUT2D eigenvalue weighted by atomic mass is 31.2. The van der Waals surface area contributed by atoms with Gasteiger partial charge in [0, 0.05) is 18.7 Å². The summed E-state index contributed by atoms with van der Waals surface area (Å²) in [6, 6.07) is 17.9. The van der Waals surface area contributed by atoms with Gasteiger partial charge >= 0.3 is 7.75 Å². The topological polar surface area (TPSA) is 76.7 Å². The van der Waals surface area contributed by atoms with Crippen LogP contribution < -0.4 is 10.4 Å². The summed E-state index contributed by atoms with van der Waals surface area (Å²) in [5.74, 6) is -0.00695. The van der Waals surface area contributed by atoms with Gasteiger partial charge in [-0.25, -0.2) is 9.65 Å². The Bertz CT molecular complexity index is 898. The zero-order valence-electron chi connectivity index (χ0n) is 20.1. The van der Waals surface area contributed by atoms with E-state index in [9.17, 15) is 9.36 Å². The van der Waals surface area contributed by atoms with E-state index in [0.717, 1.165) is 36.1 Å². The van der Waals surface area contributed by atoms with Gasteiger partial charge in [0.2, 0.25) is 5.91 Å². The molecule has 0 saturated heterocycles. The normalized spacial score (nSPS) is 12.1. The predicted molar refractivity (Wildman–Crippen MR) is 137 cm³/mol. The Morgan fingerprint density at radius 3 is 2.00 bits per heavy atom. The van der Waals surface area contributed by atoms with Crippen LogP contribution in [0.15, 0.2) is 54.6 Å². The van der Waals surface area contributed by atoms with Crippen LogP contribution in [-0.2, 0) is 18.4 Å². The van der Waals surface area contributed by atoms with Crippen molar-refractivity contribution >= 4 is 31.5 Å². The quantitative estimate of drug-likeness (QED) is 0.178. The molecule has 1 amide bonds. The average Bonchev–Trinajstić information content (AvgIpc) is 2.75. The maximum Gasteiger partial charge on any atom is 0.406 e. The number of carbonyl (C=O) groups excluding carboxylic acids is 1. The molecule has 33 heavy (non-hydrogen) atoms. The summed E-state index contributed by atoms with van der Waals surface area (Å²) < 4.78 is 23.6. The van der Waals surface area contributed by atoms with Crippen molar-refractivity contribution in [1.29, 1.82) is 0 Å². The molecule has 0 aliphatic heterocycles. The molecule has 2 N–H and O–H groups in total. The van der Waals surface area contributed by atoms with E-state index in [-0.39, 0.29) is 18.1 Å². The highest BCUT2D eigenvalue weighted by Crippen LogP contribution is 2.46. The smallest absolute Gasteiger partial charge is 0.326 e. The molecular weight excluding hydrogens is 435 g/mol. The highest BCUT2D eigenvalue weighted by molar-refractivity contribution is 7.51. The summed E-state index contributed by atoms with van der Waals surface area (Å²) >= 11 is 0. The van der Waals surface area contributed by atoms with Gasteiger partial charge in [-0.1, -0.05) is 61.0 Å². The maximum absolute atomic E-state index is 12.7. The molecule has 6 nitrogen and oxygen atoms in total. The SMILES string of the molecule is CC(C)OP(=O)(NCCCCCC(=O)Nc1ccc(/C=C/c2ccccc2)cc1)OC(C)C. The molecule has 0 heterocycles. The first kappa shape index (κ1) is 27.0. The third-order valence-electron chi connectivity index (χ3n) is 4.55. The fourth-order valence-electron chi connectivity index (χ4n) is 3.12. The maximum atomic E-state index is 12.7. The Balaban J connectivity index is 1.66. The van der Waals surface area contributed by atoms with Crippen LogP contribution in [0.2, 0.25) is 0 Å². The lowest BCUT2D eigenvalue weighted by molar-refractivity contribution is -0.116. The van der Waals surface area contributed by atoms with E-state index in [4.69, 9.17) is 9.05 Å². The molecule has 0 radical (unpaired) electrons. The van der Waals surface area contributed by atoms with Gasteiger partial charge in [-0.3, -0.25) is 13.8 Å². The van der Waals surface area contributed by atoms with E-state index in [2.05, 4.69) is 28.6 Å². The molecule has 0 unspecified atom stereocenters. The van der Waals surface area contributed by atoms with Crippen LogP contribution in [0, 0.1) is 0 Å². The zero-order valence-corrected chi connectivity index (χ0v) is 21.0. The Hall–Kier alpha value is -2.24. The first-order chi connectivity index (χ1) is 15.8. The van der Waals surface area contributed by atoms with Crippen LogP contribution in [0.3, 0.4) is 0 Å². The van der Waals surface area contributed by atoms with E-state index in [1.807, 2.05) is 76.2 Å². The van der Waals surface area contributed by atoms with E-state index >= 15 is 0 Å². The van der Waals surface area contributed by atoms with Gasteiger partial charge in [-0.05, 0) is 63.8 Å². The van der Waals surface area contributed by atoms with Crippen molar-refractivity contribution in [1.82, 2.24) is 5.09 Å². The lowest BCUT2D eigenvalue weighted by Gasteiger charge is -2.23. The Kier molecular flexibility index (Phi) is 11.6. The molecule has 0 aliphatic carbocycles. The van der Waals surface area contributed by atoms with Crippen LogP contribution in [-0.4, -0.2) is 24.7 Å². The molecule has 2 rings (SSSR count). The second-order valence-electron chi connectivity index (χ2n) is 8.44. The fraction of sp³-hybridized carbons (Fsp3) is 0.423. The average molecular weight is 473 g/mol. The number of amides is 1.